The van der Waals surface area contributed by atoms with Crippen molar-refractivity contribution in [1.82, 2.24) is 0 Å². The Kier molecular flexibility index (Phi) is 6.99. The molecule has 0 fully saturated rings. The number of benzene rings is 8. The molecule has 9 rings (SSSR count). The molecule has 232 valence electrons. The van der Waals surface area contributed by atoms with Crippen LogP contribution in [0.15, 0.2) is 194 Å². The minimum Gasteiger partial charge on any atom is -0.309 e. The summed E-state index contributed by atoms with van der Waals surface area (Å²) in [6, 6.07) is 70.7. The zero-order valence-corrected chi connectivity index (χ0v) is 27.4. The van der Waals surface area contributed by atoms with Gasteiger partial charge in [0.15, 0.2) is 0 Å². The Morgan fingerprint density at radius 2 is 0.959 bits per heavy atom. The van der Waals surface area contributed by atoms with Crippen LogP contribution in [0.2, 0.25) is 0 Å². The lowest BCUT2D eigenvalue weighted by Crippen LogP contribution is -2.22. The maximum absolute atomic E-state index is 2.49. The minimum atomic E-state index is -0.288. The van der Waals surface area contributed by atoms with Crippen LogP contribution in [0.3, 0.4) is 0 Å². The van der Waals surface area contributed by atoms with Crippen molar-refractivity contribution in [1.29, 1.82) is 0 Å². The standard InChI is InChI=1S/C48H35N/c1-48(37-22-6-3-7-23-37)43-29-13-12-28-42(43)47-44(48)30-16-32-46(47)49(45-31-15-20-35-19-8-9-27-41(35)45)38-24-14-21-36(33-38)40-26-11-10-25-39(40)34-17-4-2-5-18-34/h2-33H,1H3. The molecule has 0 saturated carbocycles. The van der Waals surface area contributed by atoms with E-state index in [9.17, 15) is 0 Å². The van der Waals surface area contributed by atoms with Gasteiger partial charge in [-0.25, -0.2) is 0 Å². The second kappa shape index (κ2) is 11.8. The third-order valence-electron chi connectivity index (χ3n) is 10.3. The van der Waals surface area contributed by atoms with Crippen LogP contribution >= 0.6 is 0 Å². The molecule has 0 aliphatic heterocycles. The summed E-state index contributed by atoms with van der Waals surface area (Å²) in [6.45, 7) is 2.39. The van der Waals surface area contributed by atoms with E-state index in [0.29, 0.717) is 0 Å². The summed E-state index contributed by atoms with van der Waals surface area (Å²) in [5, 5.41) is 2.44. The van der Waals surface area contributed by atoms with Gasteiger partial charge in [-0.2, -0.15) is 0 Å². The van der Waals surface area contributed by atoms with E-state index in [1.165, 1.54) is 66.5 Å². The summed E-state index contributed by atoms with van der Waals surface area (Å²) in [5.74, 6) is 0. The van der Waals surface area contributed by atoms with Crippen molar-refractivity contribution in [2.45, 2.75) is 12.3 Å². The van der Waals surface area contributed by atoms with Gasteiger partial charge in [-0.1, -0.05) is 170 Å². The Bertz CT molecular complexity index is 2460. The molecular formula is C48H35N. The molecule has 0 aromatic heterocycles. The van der Waals surface area contributed by atoms with Crippen molar-refractivity contribution < 1.29 is 0 Å². The maximum Gasteiger partial charge on any atom is 0.0543 e. The molecule has 0 amide bonds. The summed E-state index contributed by atoms with van der Waals surface area (Å²) >= 11 is 0. The van der Waals surface area contributed by atoms with Gasteiger partial charge in [-0.05, 0) is 81.1 Å². The Labute approximate surface area is 288 Å². The van der Waals surface area contributed by atoms with Gasteiger partial charge in [0.05, 0.1) is 11.4 Å². The molecule has 0 heterocycles. The van der Waals surface area contributed by atoms with Gasteiger partial charge in [-0.3, -0.25) is 0 Å². The number of rotatable bonds is 6. The lowest BCUT2D eigenvalue weighted by atomic mass is 9.74. The molecule has 1 atom stereocenters. The average Bonchev–Trinajstić information content (AvgIpc) is 3.45. The summed E-state index contributed by atoms with van der Waals surface area (Å²) in [5.41, 5.74) is 14.5. The van der Waals surface area contributed by atoms with Gasteiger partial charge in [0.2, 0.25) is 0 Å². The topological polar surface area (TPSA) is 3.24 Å². The third kappa shape index (κ3) is 4.70. The smallest absolute Gasteiger partial charge is 0.0543 e. The van der Waals surface area contributed by atoms with Crippen LogP contribution in [0.4, 0.5) is 17.1 Å². The predicted molar refractivity (Wildman–Crippen MR) is 207 cm³/mol. The van der Waals surface area contributed by atoms with E-state index in [0.717, 1.165) is 11.4 Å². The second-order valence-electron chi connectivity index (χ2n) is 13.0. The van der Waals surface area contributed by atoms with E-state index in [-0.39, 0.29) is 5.41 Å². The molecule has 0 bridgehead atoms. The normalized spacial score (nSPS) is 14.7. The van der Waals surface area contributed by atoms with E-state index >= 15 is 0 Å². The van der Waals surface area contributed by atoms with Crippen LogP contribution in [-0.2, 0) is 5.41 Å². The van der Waals surface area contributed by atoms with Crippen LogP contribution in [-0.4, -0.2) is 0 Å². The van der Waals surface area contributed by atoms with Gasteiger partial charge in [0.25, 0.3) is 0 Å². The van der Waals surface area contributed by atoms with E-state index in [2.05, 4.69) is 206 Å². The van der Waals surface area contributed by atoms with E-state index in [1.807, 2.05) is 0 Å². The molecule has 1 heteroatoms. The molecule has 0 radical (unpaired) electrons. The summed E-state index contributed by atoms with van der Waals surface area (Å²) in [7, 11) is 0. The molecule has 1 unspecified atom stereocenters. The highest BCUT2D eigenvalue weighted by molar-refractivity contribution is 6.03. The summed E-state index contributed by atoms with van der Waals surface area (Å²) in [4.78, 5) is 2.49. The highest BCUT2D eigenvalue weighted by atomic mass is 15.1. The first-order chi connectivity index (χ1) is 24.2. The molecule has 1 nitrogen and oxygen atoms in total. The summed E-state index contributed by atoms with van der Waals surface area (Å²) < 4.78 is 0. The van der Waals surface area contributed by atoms with Gasteiger partial charge < -0.3 is 4.90 Å². The number of anilines is 3. The number of fused-ring (bicyclic) bond motifs is 4. The quantitative estimate of drug-likeness (QED) is 0.178. The second-order valence-corrected chi connectivity index (χ2v) is 13.0. The Morgan fingerprint density at radius 1 is 0.408 bits per heavy atom. The van der Waals surface area contributed by atoms with Crippen molar-refractivity contribution in [3.63, 3.8) is 0 Å². The van der Waals surface area contributed by atoms with Crippen LogP contribution in [0.25, 0.3) is 44.2 Å². The van der Waals surface area contributed by atoms with E-state index in [4.69, 9.17) is 0 Å². The SMILES string of the molecule is CC1(c2ccccc2)c2ccccc2-c2c(N(c3cccc(-c4ccccc4-c4ccccc4)c3)c3cccc4ccccc34)cccc21. The molecule has 8 aromatic carbocycles. The van der Waals surface area contributed by atoms with Gasteiger partial charge in [-0.15, -0.1) is 0 Å². The van der Waals surface area contributed by atoms with Crippen LogP contribution < -0.4 is 4.90 Å². The largest absolute Gasteiger partial charge is 0.309 e. The van der Waals surface area contributed by atoms with Crippen molar-refractivity contribution in [3.8, 4) is 33.4 Å². The Balaban J connectivity index is 1.32. The minimum absolute atomic E-state index is 0.288. The monoisotopic (exact) mass is 625 g/mol. The first-order valence-electron chi connectivity index (χ1n) is 17.0. The van der Waals surface area contributed by atoms with Gasteiger partial charge in [0, 0.05) is 22.1 Å². The zero-order valence-electron chi connectivity index (χ0n) is 27.4. The lowest BCUT2D eigenvalue weighted by molar-refractivity contribution is 0.714. The van der Waals surface area contributed by atoms with Gasteiger partial charge in [0.1, 0.15) is 0 Å². The Morgan fingerprint density at radius 3 is 1.78 bits per heavy atom. The third-order valence-corrected chi connectivity index (χ3v) is 10.3. The molecule has 8 aromatic rings. The molecule has 0 saturated heterocycles. The Hall–Kier alpha value is -6.18. The lowest BCUT2D eigenvalue weighted by Gasteiger charge is -2.31. The van der Waals surface area contributed by atoms with Crippen molar-refractivity contribution >= 4 is 27.8 Å². The first-order valence-corrected chi connectivity index (χ1v) is 17.0. The van der Waals surface area contributed by atoms with Crippen molar-refractivity contribution in [3.05, 3.63) is 211 Å². The molecule has 0 spiro atoms. The molecule has 1 aliphatic rings. The highest BCUT2D eigenvalue weighted by Crippen LogP contribution is 2.57. The number of hydrogen-bond acceptors (Lipinski definition) is 1. The van der Waals surface area contributed by atoms with Crippen molar-refractivity contribution in [2.75, 3.05) is 4.90 Å². The van der Waals surface area contributed by atoms with E-state index in [1.54, 1.807) is 0 Å². The van der Waals surface area contributed by atoms with Crippen molar-refractivity contribution in [2.24, 2.45) is 0 Å². The maximum atomic E-state index is 2.49. The fourth-order valence-corrected chi connectivity index (χ4v) is 8.02. The fourth-order valence-electron chi connectivity index (χ4n) is 8.02. The van der Waals surface area contributed by atoms with Crippen LogP contribution in [0, 0.1) is 0 Å². The molecule has 49 heavy (non-hydrogen) atoms. The zero-order chi connectivity index (χ0) is 32.8. The van der Waals surface area contributed by atoms with Crippen LogP contribution in [0.5, 0.6) is 0 Å². The van der Waals surface area contributed by atoms with Crippen LogP contribution in [0.1, 0.15) is 23.6 Å². The number of hydrogen-bond donors (Lipinski definition) is 0. The molecule has 1 aliphatic carbocycles. The average molecular weight is 626 g/mol. The highest BCUT2D eigenvalue weighted by Gasteiger charge is 2.42. The fraction of sp³-hybridized carbons (Fsp3) is 0.0417. The van der Waals surface area contributed by atoms with E-state index < -0.39 is 0 Å². The van der Waals surface area contributed by atoms with Gasteiger partial charge >= 0.3 is 0 Å². The predicted octanol–water partition coefficient (Wildman–Crippen LogP) is 13.0. The number of nitrogens with zero attached hydrogens (tertiary/aromatic N) is 1. The first kappa shape index (κ1) is 29.0. The summed E-state index contributed by atoms with van der Waals surface area (Å²) in [6.07, 6.45) is 0. The molecule has 0 N–H and O–H groups in total. The molecular weight excluding hydrogens is 591 g/mol.